The standard InChI is InChI=1S/C10H11F3N2.C6H10N2OS.CH3NO/c1-5-8(14)6-3-2-4-7(6)15-9(5)10(11,12)13;7-4-5(10)6-8-2-1-3-9-6;2-1-3/h2-4H2,1H3,(H2,14,15);4,10H,1-3,7H2;1H,(H2,2,3)/b;5-4+;. The number of hydrogen-bond donors (Lipinski definition) is 4. The largest absolute Gasteiger partial charge is 0.477 e. The summed E-state index contributed by atoms with van der Waals surface area (Å²) in [4.78, 5) is 16.9. The molecule has 6 N–H and O–H groups in total. The molecule has 2 aliphatic rings. The number of carbonyl (C=O) groups excluding carboxylic acids is 1. The summed E-state index contributed by atoms with van der Waals surface area (Å²) in [5, 5.41) is 0. The molecule has 1 aliphatic carbocycles. The number of aryl methyl sites for hydroxylation is 1. The van der Waals surface area contributed by atoms with E-state index in [1.54, 1.807) is 0 Å². The number of fused-ring (bicyclic) bond motifs is 1. The number of aliphatic imine (C=N–C) groups is 1. The van der Waals surface area contributed by atoms with E-state index in [-0.39, 0.29) is 17.7 Å². The van der Waals surface area contributed by atoms with Crippen LogP contribution in [0, 0.1) is 6.92 Å². The third kappa shape index (κ3) is 6.32. The Hall–Kier alpha value is -2.43. The number of rotatable bonds is 1. The van der Waals surface area contributed by atoms with E-state index in [4.69, 9.17) is 21.0 Å². The molecule has 0 saturated carbocycles. The third-order valence-corrected chi connectivity index (χ3v) is 4.30. The van der Waals surface area contributed by atoms with Gasteiger partial charge in [-0.2, -0.15) is 13.2 Å². The number of amides is 1. The lowest BCUT2D eigenvalue weighted by Gasteiger charge is -2.14. The van der Waals surface area contributed by atoms with Crippen LogP contribution in [0.1, 0.15) is 35.4 Å². The number of halogens is 3. The van der Waals surface area contributed by atoms with Gasteiger partial charge in [0.15, 0.2) is 0 Å². The zero-order chi connectivity index (χ0) is 21.3. The van der Waals surface area contributed by atoms with Gasteiger partial charge < -0.3 is 21.9 Å². The fourth-order valence-corrected chi connectivity index (χ4v) is 2.81. The van der Waals surface area contributed by atoms with Crippen molar-refractivity contribution in [2.24, 2.45) is 16.5 Å². The molecule has 11 heteroatoms. The van der Waals surface area contributed by atoms with Crippen molar-refractivity contribution in [2.45, 2.75) is 38.8 Å². The summed E-state index contributed by atoms with van der Waals surface area (Å²) in [6.45, 7) is 2.91. The van der Waals surface area contributed by atoms with Gasteiger partial charge in [0.25, 0.3) is 0 Å². The van der Waals surface area contributed by atoms with Gasteiger partial charge in [0.05, 0.1) is 11.5 Å². The topological polar surface area (TPSA) is 130 Å². The molecule has 0 radical (unpaired) electrons. The number of hydrogen-bond acceptors (Lipinski definition) is 7. The van der Waals surface area contributed by atoms with Crippen LogP contribution in [0.2, 0.25) is 0 Å². The highest BCUT2D eigenvalue weighted by Gasteiger charge is 2.37. The van der Waals surface area contributed by atoms with Gasteiger partial charge in [-0.3, -0.25) is 9.79 Å². The lowest BCUT2D eigenvalue weighted by Crippen LogP contribution is -2.14. The fourth-order valence-electron chi connectivity index (χ4n) is 2.68. The third-order valence-electron chi connectivity index (χ3n) is 3.96. The average Bonchev–Trinajstić information content (AvgIpc) is 3.14. The highest BCUT2D eigenvalue weighted by atomic mass is 32.1. The summed E-state index contributed by atoms with van der Waals surface area (Å²) in [6.07, 6.45) is 0.390. The zero-order valence-electron chi connectivity index (χ0n) is 15.4. The van der Waals surface area contributed by atoms with Crippen LogP contribution in [0.25, 0.3) is 0 Å². The summed E-state index contributed by atoms with van der Waals surface area (Å²) < 4.78 is 42.9. The van der Waals surface area contributed by atoms with E-state index in [9.17, 15) is 13.2 Å². The van der Waals surface area contributed by atoms with E-state index in [1.165, 1.54) is 13.1 Å². The predicted octanol–water partition coefficient (Wildman–Crippen LogP) is 2.12. The highest BCUT2D eigenvalue weighted by Crippen LogP contribution is 2.37. The number of nitrogens with zero attached hydrogens (tertiary/aromatic N) is 2. The van der Waals surface area contributed by atoms with E-state index in [1.807, 2.05) is 0 Å². The number of primary amides is 1. The number of nitrogens with two attached hydrogens (primary N) is 3. The highest BCUT2D eigenvalue weighted by molar-refractivity contribution is 7.85. The van der Waals surface area contributed by atoms with Gasteiger partial charge >= 0.3 is 6.18 Å². The lowest BCUT2D eigenvalue weighted by molar-refractivity contribution is -0.141. The number of ether oxygens (including phenoxy) is 1. The molecule has 0 saturated heterocycles. The molecule has 1 aliphatic heterocycles. The van der Waals surface area contributed by atoms with Crippen molar-refractivity contribution in [3.05, 3.63) is 33.6 Å². The Morgan fingerprint density at radius 1 is 1.25 bits per heavy atom. The second-order valence-electron chi connectivity index (χ2n) is 5.85. The fraction of sp³-hybridized carbons (Fsp3) is 0.471. The van der Waals surface area contributed by atoms with Crippen molar-refractivity contribution in [3.8, 4) is 0 Å². The molecule has 156 valence electrons. The second kappa shape index (κ2) is 10.8. The van der Waals surface area contributed by atoms with Gasteiger partial charge in [-0.15, -0.1) is 12.6 Å². The first-order valence-electron chi connectivity index (χ1n) is 8.46. The van der Waals surface area contributed by atoms with Crippen molar-refractivity contribution < 1.29 is 22.7 Å². The van der Waals surface area contributed by atoms with Gasteiger partial charge in [-0.05, 0) is 31.7 Å². The maximum Gasteiger partial charge on any atom is 0.433 e. The average molecular weight is 419 g/mol. The molecular weight excluding hydrogens is 395 g/mol. The first-order chi connectivity index (χ1) is 13.2. The Morgan fingerprint density at radius 2 is 1.89 bits per heavy atom. The van der Waals surface area contributed by atoms with Crippen LogP contribution in [-0.2, 0) is 28.5 Å². The molecule has 28 heavy (non-hydrogen) atoms. The molecule has 7 nitrogen and oxygen atoms in total. The second-order valence-corrected chi connectivity index (χ2v) is 6.33. The maximum atomic E-state index is 12.6. The Balaban J connectivity index is 0.000000261. The van der Waals surface area contributed by atoms with Crippen molar-refractivity contribution >= 4 is 30.6 Å². The molecule has 0 atom stereocenters. The molecule has 0 fully saturated rings. The first-order valence-corrected chi connectivity index (χ1v) is 8.90. The van der Waals surface area contributed by atoms with Crippen LogP contribution < -0.4 is 17.2 Å². The van der Waals surface area contributed by atoms with Gasteiger partial charge in [-0.25, -0.2) is 4.98 Å². The van der Waals surface area contributed by atoms with Crippen LogP contribution in [0.3, 0.4) is 0 Å². The van der Waals surface area contributed by atoms with Gasteiger partial charge in [0, 0.05) is 36.1 Å². The van der Waals surface area contributed by atoms with E-state index >= 15 is 0 Å². The molecular formula is C17H24F3N5O2S. The first kappa shape index (κ1) is 23.6. The summed E-state index contributed by atoms with van der Waals surface area (Å²) in [5.41, 5.74) is 15.9. The summed E-state index contributed by atoms with van der Waals surface area (Å²) in [6, 6.07) is 0. The van der Waals surface area contributed by atoms with Gasteiger partial charge in [-0.1, -0.05) is 0 Å². The quantitative estimate of drug-likeness (QED) is 0.409. The van der Waals surface area contributed by atoms with E-state index in [0.29, 0.717) is 22.9 Å². The summed E-state index contributed by atoms with van der Waals surface area (Å²) in [5.74, 6) is 0.567. The maximum absolute atomic E-state index is 12.6. The number of pyridine rings is 1. The molecule has 2 heterocycles. The van der Waals surface area contributed by atoms with Crippen molar-refractivity contribution in [1.29, 1.82) is 0 Å². The monoisotopic (exact) mass is 419 g/mol. The molecule has 3 rings (SSSR count). The number of carbonyl (C=O) groups is 1. The SMILES string of the molecule is Cc1c(C(F)(F)F)nc2c(c1N)CCC2.N/C=C(/S)C1=NCCCO1.NC=O. The van der Waals surface area contributed by atoms with Gasteiger partial charge in [0.1, 0.15) is 5.69 Å². The van der Waals surface area contributed by atoms with E-state index in [0.717, 1.165) is 38.0 Å². The Labute approximate surface area is 166 Å². The van der Waals surface area contributed by atoms with Crippen LogP contribution >= 0.6 is 12.6 Å². The molecule has 1 aromatic heterocycles. The van der Waals surface area contributed by atoms with Crippen molar-refractivity contribution in [3.63, 3.8) is 0 Å². The molecule has 1 amide bonds. The van der Waals surface area contributed by atoms with Crippen LogP contribution in [0.5, 0.6) is 0 Å². The predicted molar refractivity (Wildman–Crippen MR) is 105 cm³/mol. The number of alkyl halides is 3. The van der Waals surface area contributed by atoms with E-state index in [2.05, 4.69) is 28.3 Å². The molecule has 0 spiro atoms. The number of nitrogen functional groups attached to an aromatic ring is 1. The van der Waals surface area contributed by atoms with Crippen LogP contribution in [0.4, 0.5) is 18.9 Å². The van der Waals surface area contributed by atoms with Crippen LogP contribution in [0.15, 0.2) is 16.1 Å². The number of anilines is 1. The summed E-state index contributed by atoms with van der Waals surface area (Å²) in [7, 11) is 0. The van der Waals surface area contributed by atoms with Crippen LogP contribution in [-0.4, -0.2) is 30.4 Å². The number of thiol groups is 1. The molecule has 0 unspecified atom stereocenters. The molecule has 1 aromatic rings. The number of aromatic nitrogens is 1. The summed E-state index contributed by atoms with van der Waals surface area (Å²) >= 11 is 4.05. The Kier molecular flexibility index (Phi) is 9.10. The molecule has 0 aromatic carbocycles. The van der Waals surface area contributed by atoms with Crippen molar-refractivity contribution in [2.75, 3.05) is 18.9 Å². The zero-order valence-corrected chi connectivity index (χ0v) is 16.3. The minimum absolute atomic E-state index is 0.0585. The Morgan fingerprint density at radius 3 is 2.39 bits per heavy atom. The minimum atomic E-state index is -4.41. The Bertz CT molecular complexity index is 751. The molecule has 0 bridgehead atoms. The normalized spacial score (nSPS) is 15.8. The van der Waals surface area contributed by atoms with Crippen molar-refractivity contribution in [1.82, 2.24) is 4.98 Å². The van der Waals surface area contributed by atoms with E-state index < -0.39 is 11.9 Å². The minimum Gasteiger partial charge on any atom is -0.477 e. The smallest absolute Gasteiger partial charge is 0.433 e. The lowest BCUT2D eigenvalue weighted by atomic mass is 10.1. The van der Waals surface area contributed by atoms with Gasteiger partial charge in [0.2, 0.25) is 12.3 Å².